The van der Waals surface area contributed by atoms with Crippen LogP contribution in [-0.2, 0) is 6.42 Å². The van der Waals surface area contributed by atoms with Crippen LogP contribution in [0.4, 0.5) is 4.39 Å². The van der Waals surface area contributed by atoms with Gasteiger partial charge in [0.25, 0.3) is 0 Å². The molecule has 26 heavy (non-hydrogen) atoms. The molecule has 3 heteroatoms. The van der Waals surface area contributed by atoms with E-state index in [0.717, 1.165) is 61.3 Å². The standard InChI is InChI=1S/C23H35ClFN/c1-2-8-23(26)21(11-7-16-24)19-14-15-22(25)20(17-19)13-12-18-9-5-3-4-6-10-18/h14-15,17-18,21,26H,2-13,16H2,1H3. The van der Waals surface area contributed by atoms with E-state index in [9.17, 15) is 4.39 Å². The third kappa shape index (κ3) is 6.68. The van der Waals surface area contributed by atoms with Gasteiger partial charge in [-0.25, -0.2) is 4.39 Å². The Hall–Kier alpha value is -0.890. The number of nitrogens with one attached hydrogen (secondary N) is 1. The van der Waals surface area contributed by atoms with Crippen LogP contribution in [0.15, 0.2) is 18.2 Å². The van der Waals surface area contributed by atoms with Gasteiger partial charge in [0, 0.05) is 17.5 Å². The summed E-state index contributed by atoms with van der Waals surface area (Å²) in [5, 5.41) is 8.44. The van der Waals surface area contributed by atoms with Crippen molar-refractivity contribution in [2.24, 2.45) is 5.92 Å². The second-order valence-electron chi connectivity index (χ2n) is 7.91. The summed E-state index contributed by atoms with van der Waals surface area (Å²) in [6, 6.07) is 5.54. The second-order valence-corrected chi connectivity index (χ2v) is 8.28. The zero-order chi connectivity index (χ0) is 18.8. The first-order valence-corrected chi connectivity index (χ1v) is 11.1. The summed E-state index contributed by atoms with van der Waals surface area (Å²) in [6.45, 7) is 2.11. The molecule has 1 fully saturated rings. The molecule has 1 nitrogen and oxygen atoms in total. The third-order valence-electron chi connectivity index (χ3n) is 5.84. The Morgan fingerprint density at radius 2 is 1.96 bits per heavy atom. The lowest BCUT2D eigenvalue weighted by Gasteiger charge is -2.20. The van der Waals surface area contributed by atoms with Crippen LogP contribution in [0.5, 0.6) is 0 Å². The van der Waals surface area contributed by atoms with Crippen molar-refractivity contribution in [2.45, 2.75) is 89.9 Å². The first-order chi connectivity index (χ1) is 12.7. The monoisotopic (exact) mass is 379 g/mol. The van der Waals surface area contributed by atoms with E-state index in [-0.39, 0.29) is 11.7 Å². The number of halogens is 2. The SMILES string of the molecule is CCCC(=N)C(CCCCl)c1ccc(F)c(CCC2CCCCCC2)c1. The van der Waals surface area contributed by atoms with Crippen molar-refractivity contribution in [1.82, 2.24) is 0 Å². The van der Waals surface area contributed by atoms with Crippen LogP contribution >= 0.6 is 11.6 Å². The Bertz CT molecular complexity index is 549. The van der Waals surface area contributed by atoms with Crippen molar-refractivity contribution in [3.05, 3.63) is 35.1 Å². The van der Waals surface area contributed by atoms with Crippen LogP contribution in [0.1, 0.15) is 94.6 Å². The molecule has 0 spiro atoms. The van der Waals surface area contributed by atoms with Crippen LogP contribution in [0.3, 0.4) is 0 Å². The summed E-state index contributed by atoms with van der Waals surface area (Å²) < 4.78 is 14.4. The van der Waals surface area contributed by atoms with Crippen molar-refractivity contribution in [1.29, 1.82) is 5.41 Å². The minimum absolute atomic E-state index is 0.0829. The molecule has 146 valence electrons. The molecule has 0 radical (unpaired) electrons. The van der Waals surface area contributed by atoms with Crippen LogP contribution in [0, 0.1) is 17.1 Å². The number of benzene rings is 1. The average molecular weight is 380 g/mol. The fraction of sp³-hybridized carbons (Fsp3) is 0.696. The maximum Gasteiger partial charge on any atom is 0.126 e. The highest BCUT2D eigenvalue weighted by Gasteiger charge is 2.19. The second kappa shape index (κ2) is 11.7. The molecular weight excluding hydrogens is 345 g/mol. The maximum atomic E-state index is 14.4. The van der Waals surface area contributed by atoms with Gasteiger partial charge in [0.2, 0.25) is 0 Å². The molecule has 0 bridgehead atoms. The van der Waals surface area contributed by atoms with E-state index in [4.69, 9.17) is 17.0 Å². The van der Waals surface area contributed by atoms with Crippen molar-refractivity contribution in [2.75, 3.05) is 5.88 Å². The maximum absolute atomic E-state index is 14.4. The average Bonchev–Trinajstić information content (AvgIpc) is 2.91. The molecule has 1 N–H and O–H groups in total. The van der Waals surface area contributed by atoms with Gasteiger partial charge >= 0.3 is 0 Å². The molecule has 1 atom stereocenters. The molecule has 1 aromatic carbocycles. The number of rotatable bonds is 10. The zero-order valence-electron chi connectivity index (χ0n) is 16.3. The predicted octanol–water partition coefficient (Wildman–Crippen LogP) is 7.65. The van der Waals surface area contributed by atoms with Gasteiger partial charge in [-0.2, -0.15) is 0 Å². The molecule has 2 rings (SSSR count). The molecule has 0 heterocycles. The summed E-state index contributed by atoms with van der Waals surface area (Å²) in [5.74, 6) is 1.38. The Balaban J connectivity index is 2.08. The summed E-state index contributed by atoms with van der Waals surface area (Å²) in [6.07, 6.45) is 13.5. The Morgan fingerprint density at radius 1 is 1.23 bits per heavy atom. The molecule has 0 amide bonds. The van der Waals surface area contributed by atoms with E-state index in [1.54, 1.807) is 6.07 Å². The van der Waals surface area contributed by atoms with E-state index in [1.807, 2.05) is 12.1 Å². The van der Waals surface area contributed by atoms with Gasteiger partial charge in [0.15, 0.2) is 0 Å². The molecule has 1 aliphatic rings. The Morgan fingerprint density at radius 3 is 2.62 bits per heavy atom. The van der Waals surface area contributed by atoms with Gasteiger partial charge in [0.1, 0.15) is 5.82 Å². The molecule has 1 saturated carbocycles. The van der Waals surface area contributed by atoms with Crippen molar-refractivity contribution < 1.29 is 4.39 Å². The first kappa shape index (κ1) is 21.4. The van der Waals surface area contributed by atoms with Gasteiger partial charge in [-0.1, -0.05) is 64.0 Å². The molecule has 0 saturated heterocycles. The minimum Gasteiger partial charge on any atom is -0.309 e. The van der Waals surface area contributed by atoms with Crippen molar-refractivity contribution in [3.8, 4) is 0 Å². The number of hydrogen-bond acceptors (Lipinski definition) is 1. The van der Waals surface area contributed by atoms with Crippen LogP contribution in [0.25, 0.3) is 0 Å². The number of aryl methyl sites for hydroxylation is 1. The van der Waals surface area contributed by atoms with E-state index in [2.05, 4.69) is 6.92 Å². The van der Waals surface area contributed by atoms with E-state index < -0.39 is 0 Å². The normalized spacial score (nSPS) is 17.0. The molecule has 1 aliphatic carbocycles. The largest absolute Gasteiger partial charge is 0.309 e. The van der Waals surface area contributed by atoms with E-state index in [0.29, 0.717) is 5.88 Å². The number of hydrogen-bond donors (Lipinski definition) is 1. The highest BCUT2D eigenvalue weighted by molar-refractivity contribution is 6.17. The lowest BCUT2D eigenvalue weighted by atomic mass is 9.86. The van der Waals surface area contributed by atoms with E-state index >= 15 is 0 Å². The first-order valence-electron chi connectivity index (χ1n) is 10.6. The molecule has 1 aromatic rings. The quantitative estimate of drug-likeness (QED) is 0.245. The molecule has 0 aromatic heterocycles. The third-order valence-corrected chi connectivity index (χ3v) is 6.10. The van der Waals surface area contributed by atoms with Gasteiger partial charge < -0.3 is 5.41 Å². The summed E-state index contributed by atoms with van der Waals surface area (Å²) in [5.41, 5.74) is 2.71. The van der Waals surface area contributed by atoms with E-state index in [1.165, 1.54) is 38.5 Å². The fourth-order valence-electron chi connectivity index (χ4n) is 4.28. The lowest BCUT2D eigenvalue weighted by molar-refractivity contribution is 0.425. The highest BCUT2D eigenvalue weighted by atomic mass is 35.5. The Kier molecular flexibility index (Phi) is 9.67. The van der Waals surface area contributed by atoms with Gasteiger partial charge in [-0.05, 0) is 55.2 Å². The minimum atomic E-state index is -0.0829. The Labute approximate surface area is 164 Å². The summed E-state index contributed by atoms with van der Waals surface area (Å²) >= 11 is 5.89. The fourth-order valence-corrected chi connectivity index (χ4v) is 4.44. The summed E-state index contributed by atoms with van der Waals surface area (Å²) in [4.78, 5) is 0. The van der Waals surface area contributed by atoms with Crippen LogP contribution in [-0.4, -0.2) is 11.6 Å². The topological polar surface area (TPSA) is 23.9 Å². The highest BCUT2D eigenvalue weighted by Crippen LogP contribution is 2.30. The van der Waals surface area contributed by atoms with Crippen molar-refractivity contribution in [3.63, 3.8) is 0 Å². The van der Waals surface area contributed by atoms with Gasteiger partial charge in [0.05, 0.1) is 0 Å². The van der Waals surface area contributed by atoms with Crippen molar-refractivity contribution >= 4 is 17.3 Å². The van der Waals surface area contributed by atoms with Gasteiger partial charge in [-0.3, -0.25) is 0 Å². The summed E-state index contributed by atoms with van der Waals surface area (Å²) in [7, 11) is 0. The molecular formula is C23H35ClFN. The molecule has 0 aliphatic heterocycles. The molecule has 1 unspecified atom stereocenters. The smallest absolute Gasteiger partial charge is 0.126 e. The predicted molar refractivity (Wildman–Crippen MR) is 111 cm³/mol. The lowest BCUT2D eigenvalue weighted by Crippen LogP contribution is -2.13. The van der Waals surface area contributed by atoms with Crippen LogP contribution in [0.2, 0.25) is 0 Å². The number of alkyl halides is 1. The van der Waals surface area contributed by atoms with Gasteiger partial charge in [-0.15, -0.1) is 11.6 Å². The van der Waals surface area contributed by atoms with Crippen LogP contribution < -0.4 is 0 Å². The zero-order valence-corrected chi connectivity index (χ0v) is 17.1.